The van der Waals surface area contributed by atoms with Crippen molar-refractivity contribution in [1.82, 2.24) is 0 Å². The lowest BCUT2D eigenvalue weighted by molar-refractivity contribution is 0.448. The van der Waals surface area contributed by atoms with Crippen LogP contribution in [-0.4, -0.2) is 13.4 Å². The summed E-state index contributed by atoms with van der Waals surface area (Å²) in [7, 11) is -2.14. The van der Waals surface area contributed by atoms with E-state index >= 15 is 0 Å². The van der Waals surface area contributed by atoms with Gasteiger partial charge in [-0.25, -0.2) is 0 Å². The molecule has 0 aliphatic rings. The second kappa shape index (κ2) is 2.25. The quantitative estimate of drug-likeness (QED) is 0.526. The fourth-order valence-corrected chi connectivity index (χ4v) is 0. The topological polar surface area (TPSA) is 29.5 Å². The Labute approximate surface area is 52.5 Å². The van der Waals surface area contributed by atoms with Crippen molar-refractivity contribution in [2.45, 2.75) is 13.1 Å². The van der Waals surface area contributed by atoms with Gasteiger partial charge in [-0.3, -0.25) is 0 Å². The minimum atomic E-state index is -2.14. The van der Waals surface area contributed by atoms with Crippen molar-refractivity contribution in [3.8, 4) is 0 Å². The molecule has 0 aromatic rings. The van der Waals surface area contributed by atoms with Crippen molar-refractivity contribution in [3.05, 3.63) is 0 Å². The standard InChI is InChI=1S/C2H7IO2Si/c1-6(2,4)5-3/h4H,1-2H3. The van der Waals surface area contributed by atoms with E-state index in [-0.39, 0.29) is 0 Å². The van der Waals surface area contributed by atoms with Crippen molar-refractivity contribution < 1.29 is 7.55 Å². The highest BCUT2D eigenvalue weighted by Gasteiger charge is 2.15. The Kier molecular flexibility index (Phi) is 2.57. The molecule has 0 heterocycles. The maximum atomic E-state index is 8.74. The molecule has 0 aliphatic carbocycles. The van der Waals surface area contributed by atoms with Crippen LogP contribution < -0.4 is 0 Å². The van der Waals surface area contributed by atoms with Crippen LogP contribution in [0.4, 0.5) is 0 Å². The van der Waals surface area contributed by atoms with Crippen LogP contribution in [0, 0.1) is 0 Å². The second-order valence-electron chi connectivity index (χ2n) is 1.52. The van der Waals surface area contributed by atoms with E-state index in [4.69, 9.17) is 4.80 Å². The lowest BCUT2D eigenvalue weighted by atomic mass is 11.9. The van der Waals surface area contributed by atoms with E-state index in [0.29, 0.717) is 0 Å². The molecule has 0 radical (unpaired) electrons. The molecule has 0 rings (SSSR count). The van der Waals surface area contributed by atoms with Crippen molar-refractivity contribution in [2.24, 2.45) is 0 Å². The van der Waals surface area contributed by atoms with Gasteiger partial charge < -0.3 is 7.55 Å². The van der Waals surface area contributed by atoms with Crippen molar-refractivity contribution in [1.29, 1.82) is 0 Å². The maximum absolute atomic E-state index is 8.74. The molecule has 6 heavy (non-hydrogen) atoms. The van der Waals surface area contributed by atoms with Crippen LogP contribution in [-0.2, 0) is 2.76 Å². The summed E-state index contributed by atoms with van der Waals surface area (Å²) in [5, 5.41) is 0. The van der Waals surface area contributed by atoms with E-state index < -0.39 is 8.56 Å². The van der Waals surface area contributed by atoms with Gasteiger partial charge in [-0.1, -0.05) is 0 Å². The van der Waals surface area contributed by atoms with E-state index in [9.17, 15) is 0 Å². The Morgan fingerprint density at radius 3 is 1.83 bits per heavy atom. The lowest BCUT2D eigenvalue weighted by Crippen LogP contribution is -2.24. The molecule has 0 unspecified atom stereocenters. The highest BCUT2D eigenvalue weighted by Crippen LogP contribution is 2.01. The Hall–Kier alpha value is 0.867. The highest BCUT2D eigenvalue weighted by atomic mass is 127. The first kappa shape index (κ1) is 6.87. The molecule has 0 saturated heterocycles. The van der Waals surface area contributed by atoms with Gasteiger partial charge >= 0.3 is 8.56 Å². The van der Waals surface area contributed by atoms with Gasteiger partial charge in [0.25, 0.3) is 0 Å². The predicted molar refractivity (Wildman–Crippen MR) is 34.8 cm³/mol. The van der Waals surface area contributed by atoms with Crippen LogP contribution >= 0.6 is 23.0 Å². The molecule has 0 aromatic carbocycles. The third-order valence-electron chi connectivity index (χ3n) is 0.189. The monoisotopic (exact) mass is 218 g/mol. The van der Waals surface area contributed by atoms with Gasteiger partial charge in [0.15, 0.2) is 0 Å². The molecule has 0 bridgehead atoms. The summed E-state index contributed by atoms with van der Waals surface area (Å²) in [6.07, 6.45) is 0. The van der Waals surface area contributed by atoms with Gasteiger partial charge in [0.2, 0.25) is 0 Å². The average molecular weight is 218 g/mol. The van der Waals surface area contributed by atoms with Crippen LogP contribution in [0.5, 0.6) is 0 Å². The summed E-state index contributed by atoms with van der Waals surface area (Å²) < 4.78 is 4.60. The molecule has 0 fully saturated rings. The van der Waals surface area contributed by atoms with Gasteiger partial charge in [-0.2, -0.15) is 0 Å². The zero-order chi connectivity index (χ0) is 5.21. The molecule has 2 nitrogen and oxygen atoms in total. The molecular formula is C2H7IO2Si. The van der Waals surface area contributed by atoms with E-state index in [2.05, 4.69) is 2.76 Å². The van der Waals surface area contributed by atoms with E-state index in [1.807, 2.05) is 0 Å². The normalized spacial score (nSPS) is 12.0. The van der Waals surface area contributed by atoms with Crippen molar-refractivity contribution in [2.75, 3.05) is 0 Å². The number of hydrogen-bond acceptors (Lipinski definition) is 2. The van der Waals surface area contributed by atoms with Gasteiger partial charge in [0.05, 0.1) is 23.0 Å². The summed E-state index contributed by atoms with van der Waals surface area (Å²) >= 11 is 1.71. The zero-order valence-corrected chi connectivity index (χ0v) is 6.89. The Morgan fingerprint density at radius 2 is 1.83 bits per heavy atom. The van der Waals surface area contributed by atoms with E-state index in [1.54, 1.807) is 36.1 Å². The highest BCUT2D eigenvalue weighted by molar-refractivity contribution is 14.1. The van der Waals surface area contributed by atoms with Gasteiger partial charge in [-0.15, -0.1) is 0 Å². The molecule has 0 aromatic heterocycles. The van der Waals surface area contributed by atoms with Gasteiger partial charge in [0.1, 0.15) is 0 Å². The largest absolute Gasteiger partial charge is 0.410 e. The SMILES string of the molecule is C[Si](C)(O)OI. The molecule has 0 aliphatic heterocycles. The Balaban J connectivity index is 3.17. The Morgan fingerprint density at radius 1 is 1.67 bits per heavy atom. The van der Waals surface area contributed by atoms with Crippen LogP contribution in [0.2, 0.25) is 13.1 Å². The number of halogens is 1. The molecule has 0 amide bonds. The van der Waals surface area contributed by atoms with Crippen LogP contribution in [0.15, 0.2) is 0 Å². The second-order valence-corrected chi connectivity index (χ2v) is 5.89. The minimum Gasteiger partial charge on any atom is -0.410 e. The molecule has 0 atom stereocenters. The zero-order valence-electron chi connectivity index (χ0n) is 3.73. The minimum absolute atomic E-state index is 1.71. The fraction of sp³-hybridized carbons (Fsp3) is 1.00. The summed E-state index contributed by atoms with van der Waals surface area (Å²) in [5.74, 6) is 0. The van der Waals surface area contributed by atoms with Gasteiger partial charge in [-0.05, 0) is 13.1 Å². The summed E-state index contributed by atoms with van der Waals surface area (Å²) in [6.45, 7) is 3.42. The fourth-order valence-electron chi connectivity index (χ4n) is 0. The van der Waals surface area contributed by atoms with Gasteiger partial charge in [0, 0.05) is 0 Å². The van der Waals surface area contributed by atoms with Crippen molar-refractivity contribution >= 4 is 31.6 Å². The first-order chi connectivity index (χ1) is 2.56. The average Bonchev–Trinajstić information content (AvgIpc) is 1.35. The van der Waals surface area contributed by atoms with Crippen LogP contribution in [0.25, 0.3) is 0 Å². The van der Waals surface area contributed by atoms with Crippen molar-refractivity contribution in [3.63, 3.8) is 0 Å². The predicted octanol–water partition coefficient (Wildman–Crippen LogP) is 1.05. The molecular weight excluding hydrogens is 211 g/mol. The maximum Gasteiger partial charge on any atom is 0.339 e. The molecule has 0 saturated carbocycles. The molecule has 38 valence electrons. The Bertz CT molecular complexity index is 41.3. The number of hydrogen-bond donors (Lipinski definition) is 1. The smallest absolute Gasteiger partial charge is 0.339 e. The van der Waals surface area contributed by atoms with E-state index in [0.717, 1.165) is 0 Å². The van der Waals surface area contributed by atoms with E-state index in [1.165, 1.54) is 0 Å². The first-order valence-corrected chi connectivity index (χ1v) is 5.32. The molecule has 0 spiro atoms. The summed E-state index contributed by atoms with van der Waals surface area (Å²) in [6, 6.07) is 0. The van der Waals surface area contributed by atoms with Crippen LogP contribution in [0.1, 0.15) is 0 Å². The first-order valence-electron chi connectivity index (χ1n) is 1.58. The third-order valence-corrected chi connectivity index (χ3v) is 3.80. The third kappa shape index (κ3) is 4.87. The molecule has 1 N–H and O–H groups in total. The van der Waals surface area contributed by atoms with Crippen LogP contribution in [0.3, 0.4) is 0 Å². The summed E-state index contributed by atoms with van der Waals surface area (Å²) in [4.78, 5) is 8.74. The lowest BCUT2D eigenvalue weighted by Gasteiger charge is -2.05. The summed E-state index contributed by atoms with van der Waals surface area (Å²) in [5.41, 5.74) is 0. The molecule has 4 heteroatoms. The number of rotatable bonds is 1.